The average Bonchev–Trinajstić information content (AvgIpc) is 3.12. The number of likely N-dealkylation sites (tertiary alicyclic amines) is 1. The number of carbonyl (C=O) groups is 1. The highest BCUT2D eigenvalue weighted by atomic mass is 16.4. The van der Waals surface area contributed by atoms with Gasteiger partial charge in [-0.2, -0.15) is 4.68 Å². The second kappa shape index (κ2) is 6.06. The third-order valence-electron chi connectivity index (χ3n) is 4.27. The zero-order chi connectivity index (χ0) is 16.6. The SMILES string of the molecule is Cc1occc1-c1nn(C2CCN(C(=O)C(C)C)CC2)c(=O)o1. The molecule has 3 heterocycles. The molecule has 0 spiro atoms. The Morgan fingerprint density at radius 3 is 2.61 bits per heavy atom. The summed E-state index contributed by atoms with van der Waals surface area (Å²) in [5.74, 6) is 0.634. The number of carbonyl (C=O) groups excluding carboxylic acids is 1. The molecule has 0 aliphatic carbocycles. The van der Waals surface area contributed by atoms with Crippen LogP contribution in [0, 0.1) is 12.8 Å². The molecule has 0 aromatic carbocycles. The molecule has 1 fully saturated rings. The zero-order valence-electron chi connectivity index (χ0n) is 13.6. The minimum atomic E-state index is -0.464. The topological polar surface area (TPSA) is 81.5 Å². The fraction of sp³-hybridized carbons (Fsp3) is 0.562. The Labute approximate surface area is 133 Å². The van der Waals surface area contributed by atoms with Gasteiger partial charge in [-0.25, -0.2) is 4.79 Å². The summed E-state index contributed by atoms with van der Waals surface area (Å²) in [4.78, 5) is 26.0. The van der Waals surface area contributed by atoms with E-state index in [1.54, 1.807) is 19.3 Å². The van der Waals surface area contributed by atoms with Gasteiger partial charge in [0.15, 0.2) is 0 Å². The lowest BCUT2D eigenvalue weighted by atomic mass is 10.0. The smallest absolute Gasteiger partial charge is 0.437 e. The number of rotatable bonds is 3. The molecule has 0 unspecified atom stereocenters. The van der Waals surface area contributed by atoms with E-state index < -0.39 is 5.76 Å². The van der Waals surface area contributed by atoms with Gasteiger partial charge in [0.25, 0.3) is 5.89 Å². The maximum atomic E-state index is 12.1. The number of furan rings is 1. The van der Waals surface area contributed by atoms with Gasteiger partial charge in [-0.05, 0) is 25.8 Å². The lowest BCUT2D eigenvalue weighted by molar-refractivity contribution is -0.135. The van der Waals surface area contributed by atoms with Crippen molar-refractivity contribution in [3.63, 3.8) is 0 Å². The van der Waals surface area contributed by atoms with Crippen LogP contribution in [-0.2, 0) is 4.79 Å². The first-order chi connectivity index (χ1) is 11.0. The molecular weight excluding hydrogens is 298 g/mol. The molecular formula is C16H21N3O4. The number of hydrogen-bond acceptors (Lipinski definition) is 5. The predicted molar refractivity (Wildman–Crippen MR) is 82.9 cm³/mol. The average molecular weight is 319 g/mol. The molecule has 1 amide bonds. The summed E-state index contributed by atoms with van der Waals surface area (Å²) in [6.45, 7) is 6.87. The first kappa shape index (κ1) is 15.6. The summed E-state index contributed by atoms with van der Waals surface area (Å²) >= 11 is 0. The van der Waals surface area contributed by atoms with E-state index in [-0.39, 0.29) is 23.8 Å². The fourth-order valence-corrected chi connectivity index (χ4v) is 2.93. The van der Waals surface area contributed by atoms with Crippen molar-refractivity contribution >= 4 is 5.91 Å². The van der Waals surface area contributed by atoms with E-state index in [1.165, 1.54) is 4.68 Å². The Morgan fingerprint density at radius 2 is 2.04 bits per heavy atom. The summed E-state index contributed by atoms with van der Waals surface area (Å²) in [6.07, 6.45) is 2.95. The zero-order valence-corrected chi connectivity index (χ0v) is 13.6. The van der Waals surface area contributed by atoms with Gasteiger partial charge in [-0.3, -0.25) is 4.79 Å². The molecule has 0 N–H and O–H groups in total. The number of aromatic nitrogens is 2. The van der Waals surface area contributed by atoms with Crippen molar-refractivity contribution in [1.29, 1.82) is 0 Å². The van der Waals surface area contributed by atoms with Crippen LogP contribution in [0.3, 0.4) is 0 Å². The van der Waals surface area contributed by atoms with Crippen LogP contribution in [0.15, 0.2) is 26.0 Å². The highest BCUT2D eigenvalue weighted by Gasteiger charge is 2.28. The largest absolute Gasteiger partial charge is 0.469 e. The van der Waals surface area contributed by atoms with Crippen molar-refractivity contribution in [1.82, 2.24) is 14.7 Å². The first-order valence-electron chi connectivity index (χ1n) is 7.90. The summed E-state index contributed by atoms with van der Waals surface area (Å²) in [7, 11) is 0. The molecule has 0 atom stereocenters. The van der Waals surface area contributed by atoms with Crippen molar-refractivity contribution in [3.8, 4) is 11.5 Å². The second-order valence-electron chi connectivity index (χ2n) is 6.22. The number of nitrogens with zero attached hydrogens (tertiary/aromatic N) is 3. The summed E-state index contributed by atoms with van der Waals surface area (Å²) in [5.41, 5.74) is 0.688. The molecule has 7 nitrogen and oxygen atoms in total. The molecule has 0 radical (unpaired) electrons. The van der Waals surface area contributed by atoms with Crippen molar-refractivity contribution in [2.24, 2.45) is 5.92 Å². The van der Waals surface area contributed by atoms with Gasteiger partial charge in [0, 0.05) is 19.0 Å². The van der Waals surface area contributed by atoms with Crippen LogP contribution in [-0.4, -0.2) is 33.7 Å². The van der Waals surface area contributed by atoms with E-state index in [1.807, 2.05) is 18.7 Å². The van der Waals surface area contributed by atoms with Crippen LogP contribution in [0.1, 0.15) is 38.5 Å². The van der Waals surface area contributed by atoms with E-state index in [4.69, 9.17) is 8.83 Å². The maximum Gasteiger partial charge on any atom is 0.437 e. The summed E-state index contributed by atoms with van der Waals surface area (Å²) < 4.78 is 11.9. The van der Waals surface area contributed by atoms with Gasteiger partial charge < -0.3 is 13.7 Å². The monoisotopic (exact) mass is 319 g/mol. The van der Waals surface area contributed by atoms with Gasteiger partial charge in [0.2, 0.25) is 5.91 Å². The third-order valence-corrected chi connectivity index (χ3v) is 4.27. The molecule has 2 aromatic heterocycles. The molecule has 23 heavy (non-hydrogen) atoms. The Morgan fingerprint density at radius 1 is 1.35 bits per heavy atom. The summed E-state index contributed by atoms with van der Waals surface area (Å²) in [5, 5.41) is 4.32. The number of piperidine rings is 1. The molecule has 0 saturated carbocycles. The summed E-state index contributed by atoms with van der Waals surface area (Å²) in [6, 6.07) is 1.69. The highest BCUT2D eigenvalue weighted by Crippen LogP contribution is 2.25. The number of aryl methyl sites for hydroxylation is 1. The number of hydrogen-bond donors (Lipinski definition) is 0. The minimum absolute atomic E-state index is 0.00279. The lowest BCUT2D eigenvalue weighted by Gasteiger charge is -2.32. The van der Waals surface area contributed by atoms with Gasteiger partial charge in [-0.1, -0.05) is 13.8 Å². The second-order valence-corrected chi connectivity index (χ2v) is 6.22. The number of amides is 1. The predicted octanol–water partition coefficient (Wildman–Crippen LogP) is 2.22. The lowest BCUT2D eigenvalue weighted by Crippen LogP contribution is -2.42. The molecule has 0 bridgehead atoms. The fourth-order valence-electron chi connectivity index (χ4n) is 2.93. The standard InChI is InChI=1S/C16H21N3O4/c1-10(2)15(20)18-7-4-12(5-8-18)19-16(21)23-14(17-19)13-6-9-22-11(13)3/h6,9-10,12H,4-5,7-8H2,1-3H3. The molecule has 1 saturated heterocycles. The van der Waals surface area contributed by atoms with Gasteiger partial charge in [0.1, 0.15) is 5.76 Å². The van der Waals surface area contributed by atoms with E-state index in [0.717, 1.165) is 0 Å². The minimum Gasteiger partial charge on any atom is -0.469 e. The van der Waals surface area contributed by atoms with E-state index in [0.29, 0.717) is 37.3 Å². The molecule has 3 rings (SSSR count). The Bertz CT molecular complexity index is 747. The maximum absolute atomic E-state index is 12.1. The molecule has 124 valence electrons. The van der Waals surface area contributed by atoms with Crippen molar-refractivity contribution in [2.75, 3.05) is 13.1 Å². The molecule has 2 aromatic rings. The van der Waals surface area contributed by atoms with Gasteiger partial charge in [-0.15, -0.1) is 5.10 Å². The highest BCUT2D eigenvalue weighted by molar-refractivity contribution is 5.78. The Balaban J connectivity index is 1.75. The van der Waals surface area contributed by atoms with Gasteiger partial charge >= 0.3 is 5.76 Å². The van der Waals surface area contributed by atoms with Crippen LogP contribution in [0.2, 0.25) is 0 Å². The quantitative estimate of drug-likeness (QED) is 0.866. The van der Waals surface area contributed by atoms with Crippen LogP contribution in [0.4, 0.5) is 0 Å². The first-order valence-corrected chi connectivity index (χ1v) is 7.90. The third kappa shape index (κ3) is 2.95. The van der Waals surface area contributed by atoms with E-state index in [2.05, 4.69) is 5.10 Å². The molecule has 7 heteroatoms. The van der Waals surface area contributed by atoms with Crippen LogP contribution >= 0.6 is 0 Å². The van der Waals surface area contributed by atoms with E-state index >= 15 is 0 Å². The Hall–Kier alpha value is -2.31. The molecule has 1 aliphatic heterocycles. The van der Waals surface area contributed by atoms with Crippen LogP contribution in [0.5, 0.6) is 0 Å². The van der Waals surface area contributed by atoms with Crippen molar-refractivity contribution in [2.45, 2.75) is 39.7 Å². The normalized spacial score (nSPS) is 16.3. The van der Waals surface area contributed by atoms with Gasteiger partial charge in [0.05, 0.1) is 17.9 Å². The van der Waals surface area contributed by atoms with E-state index in [9.17, 15) is 9.59 Å². The molecule has 1 aliphatic rings. The van der Waals surface area contributed by atoms with Crippen molar-refractivity contribution < 1.29 is 13.6 Å². The van der Waals surface area contributed by atoms with Crippen LogP contribution < -0.4 is 5.76 Å². The van der Waals surface area contributed by atoms with Crippen LogP contribution in [0.25, 0.3) is 11.5 Å². The Kier molecular flexibility index (Phi) is 4.11. The van der Waals surface area contributed by atoms with Crippen molar-refractivity contribution in [3.05, 3.63) is 28.6 Å².